The van der Waals surface area contributed by atoms with E-state index in [1.165, 1.54) is 6.07 Å². The van der Waals surface area contributed by atoms with Crippen LogP contribution in [0.25, 0.3) is 22.8 Å². The third-order valence-corrected chi connectivity index (χ3v) is 3.41. The van der Waals surface area contributed by atoms with Crippen molar-refractivity contribution in [3.05, 3.63) is 58.1 Å². The molecule has 0 spiro atoms. The number of methoxy groups -OCH3 is 1. The monoisotopic (exact) mass is 311 g/mol. The number of hydrogen-bond donors (Lipinski definition) is 0. The molecular weight excluding hydrogens is 298 g/mol. The summed E-state index contributed by atoms with van der Waals surface area (Å²) in [6.07, 6.45) is 0. The number of benzene rings is 2. The van der Waals surface area contributed by atoms with E-state index in [1.54, 1.807) is 38.3 Å². The van der Waals surface area contributed by atoms with E-state index >= 15 is 0 Å². The van der Waals surface area contributed by atoms with Gasteiger partial charge in [0.2, 0.25) is 5.82 Å². The Labute approximate surface area is 131 Å². The Hall–Kier alpha value is -3.22. The van der Waals surface area contributed by atoms with Gasteiger partial charge in [-0.25, -0.2) is 0 Å². The van der Waals surface area contributed by atoms with Crippen molar-refractivity contribution in [1.29, 1.82) is 0 Å². The summed E-state index contributed by atoms with van der Waals surface area (Å²) in [5.74, 6) is 1.50. The molecule has 0 bridgehead atoms. The van der Waals surface area contributed by atoms with Crippen LogP contribution in [0.15, 0.2) is 47.0 Å². The van der Waals surface area contributed by atoms with Gasteiger partial charge in [0.1, 0.15) is 5.75 Å². The molecule has 0 atom stereocenters. The predicted molar refractivity (Wildman–Crippen MR) is 83.1 cm³/mol. The zero-order valence-corrected chi connectivity index (χ0v) is 12.5. The summed E-state index contributed by atoms with van der Waals surface area (Å²) >= 11 is 0. The molecule has 0 saturated carbocycles. The maximum atomic E-state index is 10.9. The van der Waals surface area contributed by atoms with Gasteiger partial charge in [-0.3, -0.25) is 10.1 Å². The molecule has 0 amide bonds. The average molecular weight is 311 g/mol. The second-order valence-corrected chi connectivity index (χ2v) is 4.91. The number of nitro benzene ring substituents is 1. The molecular formula is C16H13N3O4. The van der Waals surface area contributed by atoms with E-state index in [0.717, 1.165) is 11.3 Å². The number of rotatable bonds is 4. The first kappa shape index (κ1) is 14.7. The van der Waals surface area contributed by atoms with Crippen molar-refractivity contribution in [1.82, 2.24) is 10.1 Å². The second kappa shape index (κ2) is 5.88. The lowest BCUT2D eigenvalue weighted by Gasteiger charge is -1.99. The summed E-state index contributed by atoms with van der Waals surface area (Å²) in [6, 6.07) is 12.0. The van der Waals surface area contributed by atoms with Gasteiger partial charge in [0.15, 0.2) is 0 Å². The topological polar surface area (TPSA) is 91.3 Å². The summed E-state index contributed by atoms with van der Waals surface area (Å²) in [5.41, 5.74) is 2.03. The molecule has 0 unspecified atom stereocenters. The fourth-order valence-corrected chi connectivity index (χ4v) is 2.19. The maximum Gasteiger partial charge on any atom is 0.272 e. The van der Waals surface area contributed by atoms with Crippen LogP contribution >= 0.6 is 0 Å². The molecule has 0 saturated heterocycles. The van der Waals surface area contributed by atoms with Gasteiger partial charge in [0.05, 0.1) is 12.0 Å². The Morgan fingerprint density at radius 2 is 1.83 bits per heavy atom. The number of aryl methyl sites for hydroxylation is 1. The Morgan fingerprint density at radius 3 is 2.43 bits per heavy atom. The van der Waals surface area contributed by atoms with Gasteiger partial charge in [-0.05, 0) is 43.3 Å². The van der Waals surface area contributed by atoms with Crippen molar-refractivity contribution in [2.45, 2.75) is 6.92 Å². The molecule has 1 aromatic heterocycles. The van der Waals surface area contributed by atoms with E-state index < -0.39 is 4.92 Å². The summed E-state index contributed by atoms with van der Waals surface area (Å²) in [7, 11) is 1.60. The van der Waals surface area contributed by atoms with Gasteiger partial charge in [-0.2, -0.15) is 4.98 Å². The lowest BCUT2D eigenvalue weighted by molar-refractivity contribution is -0.385. The molecule has 1 heterocycles. The van der Waals surface area contributed by atoms with Crippen molar-refractivity contribution in [2.24, 2.45) is 0 Å². The molecule has 0 fully saturated rings. The van der Waals surface area contributed by atoms with E-state index in [2.05, 4.69) is 10.1 Å². The zero-order valence-electron chi connectivity index (χ0n) is 12.5. The van der Waals surface area contributed by atoms with E-state index in [-0.39, 0.29) is 5.69 Å². The van der Waals surface area contributed by atoms with E-state index in [1.807, 2.05) is 12.1 Å². The van der Waals surface area contributed by atoms with Gasteiger partial charge in [0.25, 0.3) is 11.6 Å². The fourth-order valence-electron chi connectivity index (χ4n) is 2.19. The highest BCUT2D eigenvalue weighted by atomic mass is 16.6. The number of nitrogens with zero attached hydrogens (tertiary/aromatic N) is 3. The second-order valence-electron chi connectivity index (χ2n) is 4.91. The van der Waals surface area contributed by atoms with Crippen LogP contribution < -0.4 is 4.74 Å². The van der Waals surface area contributed by atoms with Crippen LogP contribution in [0.1, 0.15) is 5.56 Å². The molecule has 3 aromatic rings. The fraction of sp³-hybridized carbons (Fsp3) is 0.125. The summed E-state index contributed by atoms with van der Waals surface area (Å²) < 4.78 is 10.4. The molecule has 0 N–H and O–H groups in total. The van der Waals surface area contributed by atoms with E-state index in [9.17, 15) is 10.1 Å². The van der Waals surface area contributed by atoms with Gasteiger partial charge < -0.3 is 9.26 Å². The smallest absolute Gasteiger partial charge is 0.272 e. The van der Waals surface area contributed by atoms with Gasteiger partial charge in [-0.15, -0.1) is 0 Å². The molecule has 23 heavy (non-hydrogen) atoms. The third-order valence-electron chi connectivity index (χ3n) is 3.41. The highest BCUT2D eigenvalue weighted by Crippen LogP contribution is 2.27. The number of ether oxygens (including phenoxy) is 1. The highest BCUT2D eigenvalue weighted by molar-refractivity contribution is 5.62. The Bertz CT molecular complexity index is 856. The van der Waals surface area contributed by atoms with Crippen LogP contribution in [0, 0.1) is 17.0 Å². The lowest BCUT2D eigenvalue weighted by atomic mass is 10.1. The van der Waals surface area contributed by atoms with Gasteiger partial charge in [-0.1, -0.05) is 5.16 Å². The van der Waals surface area contributed by atoms with Crippen LogP contribution in [0.2, 0.25) is 0 Å². The Kier molecular flexibility index (Phi) is 3.76. The van der Waals surface area contributed by atoms with Crippen molar-refractivity contribution < 1.29 is 14.2 Å². The minimum absolute atomic E-state index is 0.0589. The minimum atomic E-state index is -0.421. The standard InChI is InChI=1S/C16H13N3O4/c1-10-9-12(5-8-14(10)19(20)21)16-17-15(18-23-16)11-3-6-13(22-2)7-4-11/h3-9H,1-2H3. The third kappa shape index (κ3) is 2.89. The molecule has 3 rings (SSSR count). The summed E-state index contributed by atoms with van der Waals surface area (Å²) in [6.45, 7) is 1.67. The van der Waals surface area contributed by atoms with E-state index in [0.29, 0.717) is 22.8 Å². The average Bonchev–Trinajstić information content (AvgIpc) is 3.04. The van der Waals surface area contributed by atoms with E-state index in [4.69, 9.17) is 9.26 Å². The summed E-state index contributed by atoms with van der Waals surface area (Å²) in [5, 5.41) is 14.8. The Balaban J connectivity index is 1.92. The maximum absolute atomic E-state index is 10.9. The SMILES string of the molecule is COc1ccc(-c2noc(-c3ccc([N+](=O)[O-])c(C)c3)n2)cc1. The van der Waals surface area contributed by atoms with Crippen LogP contribution in [-0.2, 0) is 0 Å². The largest absolute Gasteiger partial charge is 0.497 e. The van der Waals surface area contributed by atoms with Crippen molar-refractivity contribution in [2.75, 3.05) is 7.11 Å². The first-order valence-corrected chi connectivity index (χ1v) is 6.82. The van der Waals surface area contributed by atoms with Crippen molar-refractivity contribution >= 4 is 5.69 Å². The normalized spacial score (nSPS) is 10.5. The molecule has 0 aliphatic carbocycles. The minimum Gasteiger partial charge on any atom is -0.497 e. The Morgan fingerprint density at radius 1 is 1.13 bits per heavy atom. The van der Waals surface area contributed by atoms with Crippen molar-refractivity contribution in [3.8, 4) is 28.6 Å². The first-order chi connectivity index (χ1) is 11.1. The van der Waals surface area contributed by atoms with Crippen LogP contribution in [-0.4, -0.2) is 22.2 Å². The summed E-state index contributed by atoms with van der Waals surface area (Å²) in [4.78, 5) is 14.8. The first-order valence-electron chi connectivity index (χ1n) is 6.82. The number of nitro groups is 1. The molecule has 7 heteroatoms. The predicted octanol–water partition coefficient (Wildman–Crippen LogP) is 3.63. The van der Waals surface area contributed by atoms with Crippen LogP contribution in [0.4, 0.5) is 5.69 Å². The quantitative estimate of drug-likeness (QED) is 0.539. The zero-order chi connectivity index (χ0) is 16.4. The molecule has 0 radical (unpaired) electrons. The van der Waals surface area contributed by atoms with Gasteiger partial charge in [0, 0.05) is 22.8 Å². The van der Waals surface area contributed by atoms with Gasteiger partial charge >= 0.3 is 0 Å². The number of aromatic nitrogens is 2. The molecule has 116 valence electrons. The van der Waals surface area contributed by atoms with Crippen LogP contribution in [0.5, 0.6) is 5.75 Å². The molecule has 0 aliphatic heterocycles. The molecule has 7 nitrogen and oxygen atoms in total. The highest BCUT2D eigenvalue weighted by Gasteiger charge is 2.15. The molecule has 0 aliphatic rings. The van der Waals surface area contributed by atoms with Crippen LogP contribution in [0.3, 0.4) is 0 Å². The molecule has 2 aromatic carbocycles. The van der Waals surface area contributed by atoms with Crippen molar-refractivity contribution in [3.63, 3.8) is 0 Å². The number of hydrogen-bond acceptors (Lipinski definition) is 6. The lowest BCUT2D eigenvalue weighted by Crippen LogP contribution is -1.91.